The van der Waals surface area contributed by atoms with Crippen molar-refractivity contribution in [2.45, 2.75) is 0 Å². The Balaban J connectivity index is 2.18. The van der Waals surface area contributed by atoms with Crippen molar-refractivity contribution in [3.63, 3.8) is 0 Å². The number of hydrogen-bond donors (Lipinski definition) is 0. The van der Waals surface area contributed by atoms with E-state index in [1.54, 1.807) is 12.4 Å². The Bertz CT molecular complexity index is 575. The van der Waals surface area contributed by atoms with E-state index < -0.39 is 0 Å². The van der Waals surface area contributed by atoms with Gasteiger partial charge >= 0.3 is 0 Å². The molecule has 2 heteroatoms. The number of rotatable bonds is 2. The van der Waals surface area contributed by atoms with Gasteiger partial charge in [-0.1, -0.05) is 18.2 Å². The van der Waals surface area contributed by atoms with Crippen LogP contribution in [0.15, 0.2) is 67.1 Å². The average Bonchev–Trinajstić information content (AvgIpc) is 2.49. The first-order chi connectivity index (χ1) is 8.95. The van der Waals surface area contributed by atoms with Crippen molar-refractivity contribution in [1.29, 1.82) is 0 Å². The second-order valence-electron chi connectivity index (χ2n) is 3.92. The lowest BCUT2D eigenvalue weighted by Crippen LogP contribution is -1.87. The fraction of sp³-hybridized carbons (Fsp3) is 0. The van der Waals surface area contributed by atoms with E-state index in [0.29, 0.717) is 0 Å². The van der Waals surface area contributed by atoms with Crippen LogP contribution >= 0.6 is 0 Å². The van der Waals surface area contributed by atoms with Gasteiger partial charge in [0.15, 0.2) is 0 Å². The van der Waals surface area contributed by atoms with E-state index in [0.717, 1.165) is 22.4 Å². The minimum Gasteiger partial charge on any atom is -0.265 e. The molecular weight excluding hydrogens is 220 g/mol. The zero-order valence-corrected chi connectivity index (χ0v) is 9.75. The molecule has 0 amide bonds. The Morgan fingerprint density at radius 1 is 0.833 bits per heavy atom. The Hall–Kier alpha value is -2.48. The van der Waals surface area contributed by atoms with Crippen LogP contribution in [0.5, 0.6) is 0 Å². The highest BCUT2D eigenvalue weighted by atomic mass is 14.7. The molecule has 0 unspecified atom stereocenters. The van der Waals surface area contributed by atoms with Crippen LogP contribution in [0.1, 0.15) is 0 Å². The van der Waals surface area contributed by atoms with Crippen molar-refractivity contribution < 1.29 is 0 Å². The average molecular weight is 231 g/mol. The van der Waals surface area contributed by atoms with Crippen molar-refractivity contribution in [2.75, 3.05) is 0 Å². The van der Waals surface area contributed by atoms with Crippen LogP contribution in [-0.4, -0.2) is 9.97 Å². The molecule has 18 heavy (non-hydrogen) atoms. The molecule has 0 atom stereocenters. The van der Waals surface area contributed by atoms with Gasteiger partial charge in [-0.2, -0.15) is 0 Å². The lowest BCUT2D eigenvalue weighted by Gasteiger charge is -2.08. The SMILES string of the molecule is [c]1ccc(-c2ccccn2)c(-c2ccncc2)c1. The van der Waals surface area contributed by atoms with E-state index in [1.165, 1.54) is 0 Å². The number of aromatic nitrogens is 2. The number of benzene rings is 1. The highest BCUT2D eigenvalue weighted by Crippen LogP contribution is 2.29. The van der Waals surface area contributed by atoms with Gasteiger partial charge in [0.1, 0.15) is 0 Å². The van der Waals surface area contributed by atoms with Gasteiger partial charge in [0.25, 0.3) is 0 Å². The summed E-state index contributed by atoms with van der Waals surface area (Å²) in [6, 6.07) is 19.0. The van der Waals surface area contributed by atoms with Gasteiger partial charge in [0.2, 0.25) is 0 Å². The molecule has 0 aliphatic rings. The first-order valence-corrected chi connectivity index (χ1v) is 5.77. The summed E-state index contributed by atoms with van der Waals surface area (Å²) >= 11 is 0. The normalized spacial score (nSPS) is 10.2. The van der Waals surface area contributed by atoms with Gasteiger partial charge < -0.3 is 0 Å². The first-order valence-electron chi connectivity index (χ1n) is 5.77. The fourth-order valence-corrected chi connectivity index (χ4v) is 1.95. The molecule has 1 radical (unpaired) electrons. The summed E-state index contributed by atoms with van der Waals surface area (Å²) in [5.74, 6) is 0. The minimum absolute atomic E-state index is 0.971. The van der Waals surface area contributed by atoms with Gasteiger partial charge in [-0.15, -0.1) is 0 Å². The molecule has 0 bridgehead atoms. The topological polar surface area (TPSA) is 25.8 Å². The quantitative estimate of drug-likeness (QED) is 0.673. The second-order valence-corrected chi connectivity index (χ2v) is 3.92. The molecule has 3 aromatic rings. The lowest BCUT2D eigenvalue weighted by molar-refractivity contribution is 1.31. The molecule has 0 aliphatic heterocycles. The molecule has 0 saturated heterocycles. The Morgan fingerprint density at radius 3 is 2.50 bits per heavy atom. The van der Waals surface area contributed by atoms with Crippen LogP contribution < -0.4 is 0 Å². The predicted molar refractivity (Wildman–Crippen MR) is 71.7 cm³/mol. The first kappa shape index (κ1) is 10.7. The minimum atomic E-state index is 0.971. The predicted octanol–water partition coefficient (Wildman–Crippen LogP) is 3.61. The van der Waals surface area contributed by atoms with Crippen LogP contribution in [0.2, 0.25) is 0 Å². The molecule has 2 heterocycles. The summed E-state index contributed by atoms with van der Waals surface area (Å²) in [5, 5.41) is 0. The third kappa shape index (κ3) is 2.00. The van der Waals surface area contributed by atoms with Crippen molar-refractivity contribution in [3.05, 3.63) is 73.2 Å². The summed E-state index contributed by atoms with van der Waals surface area (Å²) in [6.45, 7) is 0. The molecule has 0 aliphatic carbocycles. The highest BCUT2D eigenvalue weighted by molar-refractivity contribution is 5.81. The van der Waals surface area contributed by atoms with Crippen LogP contribution in [0.4, 0.5) is 0 Å². The maximum atomic E-state index is 4.41. The molecule has 1 aromatic carbocycles. The standard InChI is InChI=1S/C16H11N2/c1-2-6-15(16-7-3-4-10-18-16)14(5-1)13-8-11-17-12-9-13/h2-12H. The van der Waals surface area contributed by atoms with Gasteiger partial charge in [-0.05, 0) is 47.5 Å². The molecule has 3 rings (SSSR count). The van der Waals surface area contributed by atoms with Crippen LogP contribution in [-0.2, 0) is 0 Å². The number of hydrogen-bond acceptors (Lipinski definition) is 2. The van der Waals surface area contributed by atoms with Crippen molar-refractivity contribution in [1.82, 2.24) is 9.97 Å². The van der Waals surface area contributed by atoms with E-state index in [4.69, 9.17) is 0 Å². The summed E-state index contributed by atoms with van der Waals surface area (Å²) in [7, 11) is 0. The molecule has 2 aromatic heterocycles. The number of pyridine rings is 2. The van der Waals surface area contributed by atoms with Crippen LogP contribution in [0, 0.1) is 6.07 Å². The van der Waals surface area contributed by atoms with Crippen molar-refractivity contribution in [2.24, 2.45) is 0 Å². The second kappa shape index (κ2) is 4.80. The molecule has 0 fully saturated rings. The van der Waals surface area contributed by atoms with E-state index >= 15 is 0 Å². The summed E-state index contributed by atoms with van der Waals surface area (Å²) in [6.07, 6.45) is 5.40. The third-order valence-electron chi connectivity index (χ3n) is 2.80. The maximum Gasteiger partial charge on any atom is 0.0708 e. The van der Waals surface area contributed by atoms with Gasteiger partial charge in [-0.25, -0.2) is 0 Å². The van der Waals surface area contributed by atoms with E-state index in [9.17, 15) is 0 Å². The van der Waals surface area contributed by atoms with Crippen LogP contribution in [0.25, 0.3) is 22.4 Å². The monoisotopic (exact) mass is 231 g/mol. The zero-order valence-electron chi connectivity index (χ0n) is 9.75. The smallest absolute Gasteiger partial charge is 0.0708 e. The fourth-order valence-electron chi connectivity index (χ4n) is 1.95. The van der Waals surface area contributed by atoms with Crippen molar-refractivity contribution in [3.8, 4) is 22.4 Å². The van der Waals surface area contributed by atoms with E-state index in [1.807, 2.05) is 54.7 Å². The van der Waals surface area contributed by atoms with Gasteiger partial charge in [-0.3, -0.25) is 9.97 Å². The maximum absolute atomic E-state index is 4.41. The molecule has 0 saturated carbocycles. The van der Waals surface area contributed by atoms with E-state index in [2.05, 4.69) is 16.0 Å². The summed E-state index contributed by atoms with van der Waals surface area (Å²) < 4.78 is 0. The lowest BCUT2D eigenvalue weighted by atomic mass is 9.98. The highest BCUT2D eigenvalue weighted by Gasteiger charge is 2.06. The Labute approximate surface area is 106 Å². The van der Waals surface area contributed by atoms with Crippen LogP contribution in [0.3, 0.4) is 0 Å². The molecular formula is C16H11N2. The summed E-state index contributed by atoms with van der Waals surface area (Å²) in [5.41, 5.74) is 4.33. The molecule has 85 valence electrons. The largest absolute Gasteiger partial charge is 0.265 e. The molecule has 2 nitrogen and oxygen atoms in total. The third-order valence-corrected chi connectivity index (χ3v) is 2.80. The van der Waals surface area contributed by atoms with Crippen molar-refractivity contribution >= 4 is 0 Å². The van der Waals surface area contributed by atoms with Gasteiger partial charge in [0, 0.05) is 24.2 Å². The molecule has 0 N–H and O–H groups in total. The Kier molecular flexibility index (Phi) is 2.84. The van der Waals surface area contributed by atoms with Gasteiger partial charge in [0.05, 0.1) is 5.69 Å². The Morgan fingerprint density at radius 2 is 1.72 bits per heavy atom. The summed E-state index contributed by atoms with van der Waals surface area (Å²) in [4.78, 5) is 8.45. The molecule has 0 spiro atoms. The number of nitrogens with zero attached hydrogens (tertiary/aromatic N) is 2. The zero-order chi connectivity index (χ0) is 12.2. The van der Waals surface area contributed by atoms with E-state index in [-0.39, 0.29) is 0 Å².